The number of fused-ring (bicyclic) bond motifs is 4. The molecular weight excluding hydrogens is 925 g/mol. The van der Waals surface area contributed by atoms with Crippen molar-refractivity contribution >= 4 is 50.6 Å². The van der Waals surface area contributed by atoms with E-state index in [1.807, 2.05) is 72.2 Å². The van der Waals surface area contributed by atoms with Crippen molar-refractivity contribution in [2.75, 3.05) is 0 Å². The molecule has 0 atom stereocenters. The highest BCUT2D eigenvalue weighted by Gasteiger charge is 2.40. The minimum absolute atomic E-state index is 0.0408. The van der Waals surface area contributed by atoms with Gasteiger partial charge in [-0.15, -0.1) is 0 Å². The molecule has 76 heavy (non-hydrogen) atoms. The highest BCUT2D eigenvalue weighted by molar-refractivity contribution is 6.09. The van der Waals surface area contributed by atoms with Gasteiger partial charge in [-0.1, -0.05) is 180 Å². The molecule has 2 aromatic heterocycles. The van der Waals surface area contributed by atoms with Gasteiger partial charge in [0, 0.05) is 48.1 Å². The lowest BCUT2D eigenvalue weighted by Crippen LogP contribution is -2.15. The number of nitrogens with zero attached hydrogens (tertiary/aromatic N) is 4. The summed E-state index contributed by atoms with van der Waals surface area (Å²) < 4.78 is 56.0. The Labute approximate surface area is 457 Å². The van der Waals surface area contributed by atoms with Crippen molar-refractivity contribution in [3.8, 4) is 50.7 Å². The fraction of sp³-hybridized carbons (Fsp3) is 0.239. The monoisotopic (exact) mass is 1000 g/mol. The van der Waals surface area contributed by atoms with E-state index >= 15 is 0 Å². The number of aromatic nitrogens is 2. The van der Waals surface area contributed by atoms with Crippen molar-refractivity contribution < 1.29 is 11.6 Å². The molecule has 10 aromatic rings. The summed E-state index contributed by atoms with van der Waals surface area (Å²) in [4.78, 5) is 4.83. The second-order valence-corrected chi connectivity index (χ2v) is 23.9. The summed E-state index contributed by atoms with van der Waals surface area (Å²) in [7, 11) is 0. The van der Waals surface area contributed by atoms with Crippen LogP contribution >= 0.6 is 0 Å². The molecule has 0 radical (unpaired) electrons. The zero-order valence-electron chi connectivity index (χ0n) is 50.5. The maximum atomic E-state index is 8.77. The van der Waals surface area contributed by atoms with E-state index in [9.17, 15) is 0 Å². The largest absolute Gasteiger partial charge is 0.503 e. The molecule has 0 saturated carbocycles. The van der Waals surface area contributed by atoms with E-state index in [0.717, 1.165) is 66.7 Å². The summed E-state index contributed by atoms with van der Waals surface area (Å²) in [5.41, 5.74) is 15.5. The number of hydrogen-bond acceptors (Lipinski definition) is 2. The van der Waals surface area contributed by atoms with Gasteiger partial charge in [-0.25, -0.2) is 4.98 Å². The van der Waals surface area contributed by atoms with E-state index in [1.165, 1.54) is 27.8 Å². The molecule has 378 valence electrons. The predicted octanol–water partition coefficient (Wildman–Crippen LogP) is 19.3. The maximum Gasteiger partial charge on any atom is 0.503 e. The molecule has 11 rings (SSSR count). The van der Waals surface area contributed by atoms with Crippen LogP contribution in [0, 0.1) is 6.85 Å². The van der Waals surface area contributed by atoms with Crippen molar-refractivity contribution in [2.24, 2.45) is 0 Å². The van der Waals surface area contributed by atoms with Gasteiger partial charge in [0.1, 0.15) is 17.3 Å². The van der Waals surface area contributed by atoms with Gasteiger partial charge in [0.25, 0.3) is 11.4 Å². The van der Waals surface area contributed by atoms with Crippen molar-refractivity contribution in [1.29, 1.82) is 0 Å². The fourth-order valence-electron chi connectivity index (χ4n) is 10.6. The SMILES string of the molecule is [2H]CC(C)(C[2H])c1ccnc(-n2c3ccccc3c3ccc(Oc4cc([N+]5=C=[N+](c6c(-c7ccccc7)cc(C(C)(C)C)cc6-c6ccc(-c7ccc(C(C)(C)C)cc7)c(C(C)(C)C)c6)c6ccccc65)ccc4C([2H])([2H])[2H])cc32)c1. The molecule has 0 amide bonds. The minimum Gasteiger partial charge on any atom is -0.457 e. The highest BCUT2D eigenvalue weighted by Crippen LogP contribution is 2.49. The molecule has 0 fully saturated rings. The normalized spacial score (nSPS) is 14.1. The van der Waals surface area contributed by atoms with Crippen LogP contribution in [0.1, 0.15) is 118 Å². The molecule has 1 aliphatic rings. The summed E-state index contributed by atoms with van der Waals surface area (Å²) in [6.45, 7) is 20.0. The second kappa shape index (κ2) is 18.6. The molecule has 0 saturated heterocycles. The van der Waals surface area contributed by atoms with Crippen LogP contribution in [0.15, 0.2) is 188 Å². The first-order valence-corrected chi connectivity index (χ1v) is 26.3. The van der Waals surface area contributed by atoms with E-state index in [4.69, 9.17) is 16.6 Å². The van der Waals surface area contributed by atoms with E-state index in [2.05, 4.69) is 193 Å². The summed E-state index contributed by atoms with van der Waals surface area (Å²) in [5, 5.41) is 1.99. The van der Waals surface area contributed by atoms with Crippen molar-refractivity contribution in [3.05, 3.63) is 216 Å². The van der Waals surface area contributed by atoms with Gasteiger partial charge in [0.2, 0.25) is 11.4 Å². The Morgan fingerprint density at radius 2 is 1.13 bits per heavy atom. The number of benzene rings is 8. The Balaban J connectivity index is 1.11. The number of aryl methyl sites for hydroxylation is 1. The molecule has 0 unspecified atom stereocenters. The third kappa shape index (κ3) is 9.28. The average Bonchev–Trinajstić information content (AvgIpc) is 4.24. The first kappa shape index (κ1) is 44.2. The third-order valence-corrected chi connectivity index (χ3v) is 14.8. The first-order valence-electron chi connectivity index (χ1n) is 29.2. The maximum absolute atomic E-state index is 8.77. The van der Waals surface area contributed by atoms with Crippen LogP contribution in [0.3, 0.4) is 0 Å². The fourth-order valence-corrected chi connectivity index (χ4v) is 10.6. The van der Waals surface area contributed by atoms with Crippen LogP contribution in [0.25, 0.3) is 61.0 Å². The molecule has 8 aromatic carbocycles. The average molecular weight is 1000 g/mol. The van der Waals surface area contributed by atoms with E-state index in [-0.39, 0.29) is 41.4 Å². The molecule has 0 spiro atoms. The van der Waals surface area contributed by atoms with Crippen molar-refractivity contribution in [1.82, 2.24) is 18.7 Å². The zero-order chi connectivity index (χ0) is 57.4. The lowest BCUT2D eigenvalue weighted by Gasteiger charge is -2.26. The number of rotatable bonds is 8. The molecule has 3 heterocycles. The molecule has 0 bridgehead atoms. The molecule has 5 heteroatoms. The first-order chi connectivity index (χ1) is 38.4. The predicted molar refractivity (Wildman–Crippen MR) is 322 cm³/mol. The minimum atomic E-state index is -2.51. The Kier molecular flexibility index (Phi) is 10.8. The molecule has 5 nitrogen and oxygen atoms in total. The molecule has 1 aliphatic heterocycles. The van der Waals surface area contributed by atoms with E-state index in [0.29, 0.717) is 17.3 Å². The topological polar surface area (TPSA) is 33.1 Å². The Morgan fingerprint density at radius 3 is 1.83 bits per heavy atom. The van der Waals surface area contributed by atoms with Gasteiger partial charge >= 0.3 is 6.01 Å². The van der Waals surface area contributed by atoms with Crippen LogP contribution in [0.4, 0.5) is 22.7 Å². The van der Waals surface area contributed by atoms with Gasteiger partial charge in [0.15, 0.2) is 0 Å². The van der Waals surface area contributed by atoms with Gasteiger partial charge in [0.05, 0.1) is 28.2 Å². The third-order valence-electron chi connectivity index (χ3n) is 14.8. The number of para-hydroxylation sites is 3. The highest BCUT2D eigenvalue weighted by atomic mass is 16.5. The van der Waals surface area contributed by atoms with Crippen LogP contribution < -0.4 is 13.9 Å². The van der Waals surface area contributed by atoms with Gasteiger partial charge in [-0.3, -0.25) is 4.57 Å². The van der Waals surface area contributed by atoms with Gasteiger partial charge in [-0.2, -0.15) is 0 Å². The van der Waals surface area contributed by atoms with Crippen molar-refractivity contribution in [2.45, 2.75) is 112 Å². The lowest BCUT2D eigenvalue weighted by atomic mass is 9.78. The molecular formula is C71H70N4O+2. The summed E-state index contributed by atoms with van der Waals surface area (Å²) in [6, 6.07) is 66.6. The zero-order valence-corrected chi connectivity index (χ0v) is 45.5. The molecule has 0 N–H and O–H groups in total. The quantitative estimate of drug-likeness (QED) is 0.142. The summed E-state index contributed by atoms with van der Waals surface area (Å²) in [5.74, 6) is 1.29. The molecule has 0 aliphatic carbocycles. The van der Waals surface area contributed by atoms with E-state index < -0.39 is 12.3 Å². The summed E-state index contributed by atoms with van der Waals surface area (Å²) in [6.07, 6.45) is 1.74. The summed E-state index contributed by atoms with van der Waals surface area (Å²) >= 11 is 0. The van der Waals surface area contributed by atoms with Crippen LogP contribution in [-0.2, 0) is 21.7 Å². The standard InChI is InChI=1S/C71H70N4O/c1-46-27-33-53(43-65(46)76-54-34-36-57-56-23-17-18-24-61(56)75(64(57)44-54)66-42-51(37-38-72-66)69(5,6)7)73-45-74(63-26-20-19-25-62(63)73)67-58(47-21-15-14-16-22-47)40-52(70(8,9)10)41-59(67)49-30-35-55(60(39-49)71(11,12)13)48-28-31-50(32-29-48)68(2,3)4/h14-44H,1-13H3/q+2/i1D3,5D,6D. The smallest absolute Gasteiger partial charge is 0.457 e. The number of hydrogen-bond donors (Lipinski definition) is 0. The Bertz CT molecular complexity index is 4140. The van der Waals surface area contributed by atoms with Crippen molar-refractivity contribution in [3.63, 3.8) is 0 Å². The Morgan fingerprint density at radius 1 is 0.487 bits per heavy atom. The van der Waals surface area contributed by atoms with Gasteiger partial charge in [-0.05, 0) is 142 Å². The number of pyridine rings is 1. The van der Waals surface area contributed by atoms with Crippen LogP contribution in [0.2, 0.25) is 0 Å². The Hall–Kier alpha value is -8.11. The van der Waals surface area contributed by atoms with Crippen LogP contribution in [0.5, 0.6) is 11.5 Å². The van der Waals surface area contributed by atoms with Gasteiger partial charge < -0.3 is 4.74 Å². The van der Waals surface area contributed by atoms with E-state index in [1.54, 1.807) is 12.3 Å². The second-order valence-electron chi connectivity index (χ2n) is 23.9. The lowest BCUT2D eigenvalue weighted by molar-refractivity contribution is 0.479. The van der Waals surface area contributed by atoms with Crippen LogP contribution in [-0.4, -0.2) is 15.6 Å². The number of ether oxygens (including phenoxy) is 1.